The molecule has 0 aliphatic carbocycles. The van der Waals surface area contributed by atoms with Crippen LogP contribution in [-0.4, -0.2) is 44.5 Å². The van der Waals surface area contributed by atoms with Crippen LogP contribution < -0.4 is 10.6 Å². The van der Waals surface area contributed by atoms with Gasteiger partial charge in [0.1, 0.15) is 6.04 Å². The van der Waals surface area contributed by atoms with Gasteiger partial charge in [0, 0.05) is 11.8 Å². The van der Waals surface area contributed by atoms with Gasteiger partial charge in [-0.1, -0.05) is 23.8 Å². The average molecular weight is 398 g/mol. The smallest absolute Gasteiger partial charge is 0.251 e. The molecule has 0 saturated carbocycles. The van der Waals surface area contributed by atoms with E-state index < -0.39 is 6.04 Å². The van der Waals surface area contributed by atoms with Crippen molar-refractivity contribution in [3.63, 3.8) is 0 Å². The number of thioether (sulfide) groups is 1. The number of amides is 2. The molecule has 146 valence electrons. The summed E-state index contributed by atoms with van der Waals surface area (Å²) < 4.78 is 1.82. The number of fused-ring (bicyclic) bond motifs is 1. The zero-order valence-corrected chi connectivity index (χ0v) is 16.7. The summed E-state index contributed by atoms with van der Waals surface area (Å²) >= 11 is 1.63. The molecular weight excluding hydrogens is 374 g/mol. The standard InChI is InChI=1S/C20H23N5O2S/c1-14-6-5-7-15(12-14)19(26)22-16(9-11-28-2)20(27)21-13-18-24-23-17-8-3-4-10-25(17)18/h3-8,10,12,16H,9,11,13H2,1-2H3,(H,21,27)(H,22,26). The van der Waals surface area contributed by atoms with E-state index in [4.69, 9.17) is 0 Å². The second kappa shape index (κ2) is 9.36. The Morgan fingerprint density at radius 3 is 2.82 bits per heavy atom. The first kappa shape index (κ1) is 19.9. The summed E-state index contributed by atoms with van der Waals surface area (Å²) in [6.07, 6.45) is 4.37. The second-order valence-electron chi connectivity index (χ2n) is 6.44. The van der Waals surface area contributed by atoms with Crippen molar-refractivity contribution in [2.45, 2.75) is 25.9 Å². The molecule has 8 heteroatoms. The van der Waals surface area contributed by atoms with E-state index in [2.05, 4.69) is 20.8 Å². The van der Waals surface area contributed by atoms with Gasteiger partial charge in [0.15, 0.2) is 11.5 Å². The molecule has 0 saturated heterocycles. The molecule has 7 nitrogen and oxygen atoms in total. The number of hydrogen-bond donors (Lipinski definition) is 2. The van der Waals surface area contributed by atoms with Crippen LogP contribution in [0.4, 0.5) is 0 Å². The fourth-order valence-corrected chi connectivity index (χ4v) is 3.30. The van der Waals surface area contributed by atoms with Crippen LogP contribution in [0.25, 0.3) is 5.65 Å². The van der Waals surface area contributed by atoms with E-state index in [0.717, 1.165) is 17.0 Å². The number of benzene rings is 1. The molecular formula is C20H23N5O2S. The summed E-state index contributed by atoms with van der Waals surface area (Å²) in [5.41, 5.74) is 2.26. The maximum Gasteiger partial charge on any atom is 0.251 e. The minimum atomic E-state index is -0.611. The van der Waals surface area contributed by atoms with Gasteiger partial charge < -0.3 is 10.6 Å². The van der Waals surface area contributed by atoms with Crippen LogP contribution >= 0.6 is 11.8 Å². The molecule has 0 fully saturated rings. The lowest BCUT2D eigenvalue weighted by atomic mass is 10.1. The molecule has 2 amide bonds. The molecule has 28 heavy (non-hydrogen) atoms. The summed E-state index contributed by atoms with van der Waals surface area (Å²) in [6.45, 7) is 2.16. The molecule has 1 aromatic carbocycles. The largest absolute Gasteiger partial charge is 0.347 e. The van der Waals surface area contributed by atoms with Crippen LogP contribution in [0.1, 0.15) is 28.2 Å². The van der Waals surface area contributed by atoms with Gasteiger partial charge in [-0.3, -0.25) is 14.0 Å². The SMILES string of the molecule is CSCCC(NC(=O)c1cccc(C)c1)C(=O)NCc1nnc2ccccn12. The topological polar surface area (TPSA) is 88.4 Å². The Hall–Kier alpha value is -2.87. The van der Waals surface area contributed by atoms with E-state index >= 15 is 0 Å². The van der Waals surface area contributed by atoms with Crippen molar-refractivity contribution < 1.29 is 9.59 Å². The normalized spacial score (nSPS) is 11.9. The van der Waals surface area contributed by atoms with Gasteiger partial charge in [0.25, 0.3) is 5.91 Å². The Morgan fingerprint density at radius 2 is 2.04 bits per heavy atom. The third-order valence-electron chi connectivity index (χ3n) is 4.32. The van der Waals surface area contributed by atoms with Gasteiger partial charge >= 0.3 is 0 Å². The molecule has 1 atom stereocenters. The van der Waals surface area contributed by atoms with Crippen molar-refractivity contribution in [3.05, 3.63) is 65.6 Å². The quantitative estimate of drug-likeness (QED) is 0.608. The maximum atomic E-state index is 12.7. The minimum Gasteiger partial charge on any atom is -0.347 e. The van der Waals surface area contributed by atoms with Crippen LogP contribution in [0.15, 0.2) is 48.7 Å². The first-order chi connectivity index (χ1) is 13.6. The predicted molar refractivity (Wildman–Crippen MR) is 110 cm³/mol. The van der Waals surface area contributed by atoms with E-state index in [1.165, 1.54) is 0 Å². The number of carbonyl (C=O) groups is 2. The number of aromatic nitrogens is 3. The first-order valence-electron chi connectivity index (χ1n) is 9.01. The van der Waals surface area contributed by atoms with Crippen LogP contribution in [0.5, 0.6) is 0 Å². The highest BCUT2D eigenvalue weighted by atomic mass is 32.2. The van der Waals surface area contributed by atoms with E-state index in [9.17, 15) is 9.59 Å². The Bertz CT molecular complexity index is 972. The van der Waals surface area contributed by atoms with E-state index in [1.807, 2.05) is 54.1 Å². The summed E-state index contributed by atoms with van der Waals surface area (Å²) in [7, 11) is 0. The van der Waals surface area contributed by atoms with E-state index in [0.29, 0.717) is 17.8 Å². The number of pyridine rings is 1. The minimum absolute atomic E-state index is 0.234. The van der Waals surface area contributed by atoms with E-state index in [-0.39, 0.29) is 18.4 Å². The number of aryl methyl sites for hydroxylation is 1. The Morgan fingerprint density at radius 1 is 1.18 bits per heavy atom. The monoisotopic (exact) mass is 397 g/mol. The Balaban J connectivity index is 1.66. The summed E-state index contributed by atoms with van der Waals surface area (Å²) in [4.78, 5) is 25.3. The van der Waals surface area contributed by atoms with Crippen molar-refractivity contribution in [1.82, 2.24) is 25.2 Å². The Kier molecular flexibility index (Phi) is 6.65. The summed E-state index contributed by atoms with van der Waals surface area (Å²) in [5.74, 6) is 0.915. The highest BCUT2D eigenvalue weighted by Gasteiger charge is 2.21. The average Bonchev–Trinajstić information content (AvgIpc) is 3.12. The fraction of sp³-hybridized carbons (Fsp3) is 0.300. The van der Waals surface area contributed by atoms with Gasteiger partial charge in [-0.25, -0.2) is 0 Å². The zero-order valence-electron chi connectivity index (χ0n) is 15.9. The number of rotatable bonds is 8. The number of hydrogen-bond acceptors (Lipinski definition) is 5. The predicted octanol–water partition coefficient (Wildman–Crippen LogP) is 2.21. The lowest BCUT2D eigenvalue weighted by molar-refractivity contribution is -0.123. The van der Waals surface area contributed by atoms with Gasteiger partial charge in [-0.15, -0.1) is 10.2 Å². The van der Waals surface area contributed by atoms with Crippen LogP contribution in [0.3, 0.4) is 0 Å². The van der Waals surface area contributed by atoms with Crippen molar-refractivity contribution in [2.75, 3.05) is 12.0 Å². The number of nitrogens with zero attached hydrogens (tertiary/aromatic N) is 3. The molecule has 0 aliphatic heterocycles. The van der Waals surface area contributed by atoms with Crippen molar-refractivity contribution >= 4 is 29.2 Å². The highest BCUT2D eigenvalue weighted by Crippen LogP contribution is 2.07. The first-order valence-corrected chi connectivity index (χ1v) is 10.4. The van der Waals surface area contributed by atoms with Gasteiger partial charge in [-0.2, -0.15) is 11.8 Å². The second-order valence-corrected chi connectivity index (χ2v) is 7.43. The number of nitrogens with one attached hydrogen (secondary N) is 2. The van der Waals surface area contributed by atoms with Crippen LogP contribution in [-0.2, 0) is 11.3 Å². The van der Waals surface area contributed by atoms with Gasteiger partial charge in [-0.05, 0) is 49.6 Å². The molecule has 1 unspecified atom stereocenters. The molecule has 0 aliphatic rings. The molecule has 2 N–H and O–H groups in total. The molecule has 3 aromatic rings. The molecule has 0 radical (unpaired) electrons. The van der Waals surface area contributed by atoms with Crippen molar-refractivity contribution in [3.8, 4) is 0 Å². The van der Waals surface area contributed by atoms with Gasteiger partial charge in [0.2, 0.25) is 5.91 Å². The highest BCUT2D eigenvalue weighted by molar-refractivity contribution is 7.98. The Labute approximate surface area is 167 Å². The molecule has 3 rings (SSSR count). The van der Waals surface area contributed by atoms with Gasteiger partial charge in [0.05, 0.1) is 6.54 Å². The molecule has 2 heterocycles. The van der Waals surface area contributed by atoms with Crippen molar-refractivity contribution in [2.24, 2.45) is 0 Å². The van der Waals surface area contributed by atoms with E-state index in [1.54, 1.807) is 23.9 Å². The lowest BCUT2D eigenvalue weighted by Gasteiger charge is -2.18. The van der Waals surface area contributed by atoms with Crippen LogP contribution in [0, 0.1) is 6.92 Å². The zero-order chi connectivity index (χ0) is 19.9. The third kappa shape index (κ3) is 4.89. The molecule has 2 aromatic heterocycles. The van der Waals surface area contributed by atoms with Crippen LogP contribution in [0.2, 0.25) is 0 Å². The fourth-order valence-electron chi connectivity index (χ4n) is 2.83. The molecule has 0 bridgehead atoms. The summed E-state index contributed by atoms with van der Waals surface area (Å²) in [6, 6.07) is 12.3. The third-order valence-corrected chi connectivity index (χ3v) is 4.96. The van der Waals surface area contributed by atoms with Crippen molar-refractivity contribution in [1.29, 1.82) is 0 Å². The number of carbonyl (C=O) groups excluding carboxylic acids is 2. The summed E-state index contributed by atoms with van der Waals surface area (Å²) in [5, 5.41) is 13.9. The lowest BCUT2D eigenvalue weighted by Crippen LogP contribution is -2.47. The molecule has 0 spiro atoms. The maximum absolute atomic E-state index is 12.7.